The van der Waals surface area contributed by atoms with Crippen molar-refractivity contribution in [3.05, 3.63) is 30.1 Å². The molecule has 6 nitrogen and oxygen atoms in total. The maximum absolute atomic E-state index is 12.7. The van der Waals surface area contributed by atoms with Crippen LogP contribution in [0.25, 0.3) is 6.08 Å². The quantitative estimate of drug-likeness (QED) is 0.692. The first-order valence-corrected chi connectivity index (χ1v) is 8.51. The molecule has 1 fully saturated rings. The van der Waals surface area contributed by atoms with Crippen LogP contribution in [0.4, 0.5) is 19.1 Å². The van der Waals surface area contributed by atoms with Crippen LogP contribution >= 0.6 is 0 Å². The van der Waals surface area contributed by atoms with Crippen LogP contribution in [0.5, 0.6) is 5.75 Å². The number of aliphatic carboxylic acids is 1. The molecule has 0 unspecified atom stereocenters. The number of hydrogen-bond acceptors (Lipinski definition) is 5. The lowest BCUT2D eigenvalue weighted by molar-refractivity contribution is -0.183. The molecule has 0 radical (unpaired) electrons. The molecule has 1 heterocycles. The number of carboxylic acids is 1. The third-order valence-corrected chi connectivity index (χ3v) is 4.53. The number of hydrogen-bond donors (Lipinski definition) is 2. The van der Waals surface area contributed by atoms with E-state index >= 15 is 0 Å². The van der Waals surface area contributed by atoms with Gasteiger partial charge in [0.25, 0.3) is 0 Å². The molecule has 0 saturated heterocycles. The van der Waals surface area contributed by atoms with E-state index in [0.717, 1.165) is 0 Å². The van der Waals surface area contributed by atoms with Crippen molar-refractivity contribution in [1.29, 1.82) is 0 Å². The zero-order valence-electron chi connectivity index (χ0n) is 14.9. The van der Waals surface area contributed by atoms with Gasteiger partial charge in [0.2, 0.25) is 5.95 Å². The lowest BCUT2D eigenvalue weighted by Gasteiger charge is -2.28. The Morgan fingerprint density at radius 1 is 1.41 bits per heavy atom. The Labute approximate surface area is 155 Å². The molecular weight excluding hydrogens is 363 g/mol. The van der Waals surface area contributed by atoms with Crippen LogP contribution in [0.1, 0.15) is 31.4 Å². The van der Waals surface area contributed by atoms with Gasteiger partial charge >= 0.3 is 12.1 Å². The maximum Gasteiger partial charge on any atom is 0.391 e. The number of nitrogens with zero attached hydrogens (tertiary/aromatic N) is 2. The highest BCUT2D eigenvalue weighted by Gasteiger charge is 2.40. The standard InChI is InChI=1S/C18H22F3N3O3/c1-11(16(25)26)9-22-17-23-10-15(27-2)14(24-17)8-5-12-3-6-13(7-4-12)18(19,20)21/h5,8,10,12-13H,1,3-4,6-7,9H2,2H3,(H,25,26)(H,22,23,24)/b8-5+/t12-,13-. The van der Waals surface area contributed by atoms with E-state index in [9.17, 15) is 18.0 Å². The molecule has 0 aliphatic heterocycles. The number of anilines is 1. The zero-order chi connectivity index (χ0) is 20.0. The summed E-state index contributed by atoms with van der Waals surface area (Å²) in [4.78, 5) is 19.1. The predicted octanol–water partition coefficient (Wildman–Crippen LogP) is 3.92. The number of allylic oxidation sites excluding steroid dienone is 1. The van der Waals surface area contributed by atoms with Gasteiger partial charge in [0.15, 0.2) is 5.75 Å². The summed E-state index contributed by atoms with van der Waals surface area (Å²) in [5, 5.41) is 11.6. The van der Waals surface area contributed by atoms with E-state index in [1.807, 2.05) is 6.08 Å². The first-order chi connectivity index (χ1) is 12.7. The average Bonchev–Trinajstić information content (AvgIpc) is 2.63. The van der Waals surface area contributed by atoms with Crippen molar-refractivity contribution in [3.63, 3.8) is 0 Å². The molecule has 0 spiro atoms. The van der Waals surface area contributed by atoms with Gasteiger partial charge in [-0.25, -0.2) is 14.8 Å². The summed E-state index contributed by atoms with van der Waals surface area (Å²) in [6.07, 6.45) is 2.07. The van der Waals surface area contributed by atoms with Gasteiger partial charge in [0, 0.05) is 12.1 Å². The van der Waals surface area contributed by atoms with Gasteiger partial charge in [-0.1, -0.05) is 12.7 Å². The van der Waals surface area contributed by atoms with Crippen molar-refractivity contribution in [1.82, 2.24) is 9.97 Å². The number of nitrogens with one attached hydrogen (secondary N) is 1. The number of alkyl halides is 3. The fraction of sp³-hybridized carbons (Fsp3) is 0.500. The molecule has 1 aromatic rings. The van der Waals surface area contributed by atoms with E-state index < -0.39 is 18.1 Å². The van der Waals surface area contributed by atoms with E-state index in [1.165, 1.54) is 13.3 Å². The van der Waals surface area contributed by atoms with Crippen LogP contribution < -0.4 is 10.1 Å². The third-order valence-electron chi connectivity index (χ3n) is 4.53. The molecule has 1 aliphatic rings. The molecular formula is C18H22F3N3O3. The molecule has 2 rings (SSSR count). The molecule has 148 valence electrons. The summed E-state index contributed by atoms with van der Waals surface area (Å²) >= 11 is 0. The molecule has 1 aliphatic carbocycles. The highest BCUT2D eigenvalue weighted by Crippen LogP contribution is 2.40. The fourth-order valence-corrected chi connectivity index (χ4v) is 2.87. The average molecular weight is 385 g/mol. The number of methoxy groups -OCH3 is 1. The third kappa shape index (κ3) is 5.97. The molecule has 1 aromatic heterocycles. The molecule has 1 saturated carbocycles. The Morgan fingerprint density at radius 3 is 2.63 bits per heavy atom. The minimum atomic E-state index is -4.12. The molecule has 0 amide bonds. The highest BCUT2D eigenvalue weighted by molar-refractivity contribution is 5.86. The van der Waals surface area contributed by atoms with Crippen LogP contribution in [-0.4, -0.2) is 40.9 Å². The summed E-state index contributed by atoms with van der Waals surface area (Å²) in [6.45, 7) is 3.39. The lowest BCUT2D eigenvalue weighted by atomic mass is 9.81. The normalized spacial score (nSPS) is 20.4. The molecule has 27 heavy (non-hydrogen) atoms. The van der Waals surface area contributed by atoms with Crippen molar-refractivity contribution >= 4 is 18.0 Å². The minimum Gasteiger partial charge on any atom is -0.493 e. The summed E-state index contributed by atoms with van der Waals surface area (Å²) in [7, 11) is 1.46. The van der Waals surface area contributed by atoms with Gasteiger partial charge in [0.05, 0.1) is 19.2 Å². The predicted molar refractivity (Wildman–Crippen MR) is 94.4 cm³/mol. The number of carbonyl (C=O) groups is 1. The molecule has 9 heteroatoms. The first kappa shape index (κ1) is 20.7. The first-order valence-electron chi connectivity index (χ1n) is 8.51. The largest absolute Gasteiger partial charge is 0.493 e. The molecule has 2 N–H and O–H groups in total. The second kappa shape index (κ2) is 8.88. The Balaban J connectivity index is 2.02. The van der Waals surface area contributed by atoms with Crippen molar-refractivity contribution in [2.75, 3.05) is 19.0 Å². The highest BCUT2D eigenvalue weighted by atomic mass is 19.4. The van der Waals surface area contributed by atoms with Gasteiger partial charge in [0.1, 0.15) is 5.69 Å². The molecule has 0 atom stereocenters. The smallest absolute Gasteiger partial charge is 0.391 e. The maximum atomic E-state index is 12.7. The molecule has 0 aromatic carbocycles. The van der Waals surface area contributed by atoms with E-state index in [0.29, 0.717) is 24.3 Å². The monoisotopic (exact) mass is 385 g/mol. The minimum absolute atomic E-state index is 0.0216. The van der Waals surface area contributed by atoms with Crippen molar-refractivity contribution in [3.8, 4) is 5.75 Å². The Kier molecular flexibility index (Phi) is 6.81. The van der Waals surface area contributed by atoms with Gasteiger partial charge in [-0.15, -0.1) is 0 Å². The summed E-state index contributed by atoms with van der Waals surface area (Å²) in [6, 6.07) is 0. The topological polar surface area (TPSA) is 84.3 Å². The van der Waals surface area contributed by atoms with Crippen LogP contribution in [0.2, 0.25) is 0 Å². The van der Waals surface area contributed by atoms with Crippen LogP contribution in [0, 0.1) is 11.8 Å². The summed E-state index contributed by atoms with van der Waals surface area (Å²) in [5.74, 6) is -1.66. The van der Waals surface area contributed by atoms with Crippen LogP contribution in [-0.2, 0) is 4.79 Å². The van der Waals surface area contributed by atoms with E-state index in [-0.39, 0.29) is 36.8 Å². The SMILES string of the molecule is C=C(CNc1ncc(OC)c(/C=C/[C@H]2CC[C@H](C(F)(F)F)CC2)n1)C(=O)O. The van der Waals surface area contributed by atoms with Crippen molar-refractivity contribution < 1.29 is 27.8 Å². The summed E-state index contributed by atoms with van der Waals surface area (Å²) < 4.78 is 43.4. The summed E-state index contributed by atoms with van der Waals surface area (Å²) in [5.41, 5.74) is 0.432. The second-order valence-corrected chi connectivity index (χ2v) is 6.42. The Morgan fingerprint density at radius 2 is 2.07 bits per heavy atom. The van der Waals surface area contributed by atoms with Gasteiger partial charge in [-0.3, -0.25) is 0 Å². The van der Waals surface area contributed by atoms with Gasteiger partial charge in [-0.05, 0) is 37.7 Å². The number of carboxylic acid groups (broad SMARTS) is 1. The zero-order valence-corrected chi connectivity index (χ0v) is 14.9. The number of halogens is 3. The van der Waals surface area contributed by atoms with Gasteiger partial charge in [-0.2, -0.15) is 13.2 Å². The number of aromatic nitrogens is 2. The van der Waals surface area contributed by atoms with Crippen molar-refractivity contribution in [2.24, 2.45) is 11.8 Å². The van der Waals surface area contributed by atoms with E-state index in [1.54, 1.807) is 6.08 Å². The second-order valence-electron chi connectivity index (χ2n) is 6.42. The molecule has 0 bridgehead atoms. The number of rotatable bonds is 7. The Bertz CT molecular complexity index is 712. The lowest BCUT2D eigenvalue weighted by Crippen LogP contribution is -2.27. The van der Waals surface area contributed by atoms with E-state index in [2.05, 4.69) is 21.9 Å². The Hall–Kier alpha value is -2.58. The van der Waals surface area contributed by atoms with Crippen LogP contribution in [0.15, 0.2) is 24.4 Å². The van der Waals surface area contributed by atoms with Crippen LogP contribution in [0.3, 0.4) is 0 Å². The van der Waals surface area contributed by atoms with Gasteiger partial charge < -0.3 is 15.2 Å². The fourth-order valence-electron chi connectivity index (χ4n) is 2.87. The van der Waals surface area contributed by atoms with Crippen molar-refractivity contribution in [2.45, 2.75) is 31.9 Å². The number of ether oxygens (including phenoxy) is 1. The van der Waals surface area contributed by atoms with E-state index in [4.69, 9.17) is 9.84 Å².